The first-order valence-electron chi connectivity index (χ1n) is 5.62. The van der Waals surface area contributed by atoms with Crippen LogP contribution in [-0.4, -0.2) is 42.9 Å². The van der Waals surface area contributed by atoms with Crippen molar-refractivity contribution in [2.24, 2.45) is 0 Å². The van der Waals surface area contributed by atoms with Gasteiger partial charge < -0.3 is 10.4 Å². The van der Waals surface area contributed by atoms with Gasteiger partial charge in [-0.3, -0.25) is 9.59 Å². The van der Waals surface area contributed by atoms with Crippen molar-refractivity contribution in [2.75, 3.05) is 12.3 Å². The maximum absolute atomic E-state index is 11.8. The molecule has 0 aromatic rings. The molecule has 6 nitrogen and oxygen atoms in total. The predicted octanol–water partition coefficient (Wildman–Crippen LogP) is -0.0653. The van der Waals surface area contributed by atoms with Gasteiger partial charge in [-0.1, -0.05) is 12.8 Å². The van der Waals surface area contributed by atoms with Crippen molar-refractivity contribution in [3.05, 3.63) is 0 Å². The Hall–Kier alpha value is -1.11. The first kappa shape index (κ1) is 14.0. The second-order valence-corrected chi connectivity index (χ2v) is 6.49. The van der Waals surface area contributed by atoms with Gasteiger partial charge in [0.2, 0.25) is 5.91 Å². The van der Waals surface area contributed by atoms with Crippen molar-refractivity contribution in [3.8, 4) is 0 Å². The summed E-state index contributed by atoms with van der Waals surface area (Å²) in [6, 6.07) is 0. The smallest absolute Gasteiger partial charge is 0.305 e. The van der Waals surface area contributed by atoms with Crippen LogP contribution in [0.5, 0.6) is 0 Å². The fourth-order valence-electron chi connectivity index (χ4n) is 1.91. The number of hydrogen-bond donors (Lipinski definition) is 2. The molecule has 1 rings (SSSR count). The summed E-state index contributed by atoms with van der Waals surface area (Å²) in [5, 5.41) is 10.3. The summed E-state index contributed by atoms with van der Waals surface area (Å²) in [7, 11) is -3.37. The minimum atomic E-state index is -3.37. The fraction of sp³-hybridized carbons (Fsp3) is 0.800. The Kier molecular flexibility index (Phi) is 4.92. The Labute approximate surface area is 100 Å². The zero-order chi connectivity index (χ0) is 12.9. The Balaban J connectivity index is 2.36. The molecule has 0 unspecified atom stereocenters. The molecule has 0 radical (unpaired) electrons. The van der Waals surface area contributed by atoms with Gasteiger partial charge in [-0.2, -0.15) is 0 Å². The molecule has 1 aliphatic carbocycles. The average molecular weight is 263 g/mol. The first-order chi connectivity index (χ1) is 7.92. The quantitative estimate of drug-likeness (QED) is 0.699. The number of rotatable bonds is 6. The van der Waals surface area contributed by atoms with E-state index in [1.807, 2.05) is 0 Å². The summed E-state index contributed by atoms with van der Waals surface area (Å²) in [6.45, 7) is -0.0334. The van der Waals surface area contributed by atoms with Crippen molar-refractivity contribution >= 4 is 21.7 Å². The molecule has 7 heteroatoms. The highest BCUT2D eigenvalue weighted by molar-refractivity contribution is 7.92. The highest BCUT2D eigenvalue weighted by atomic mass is 32.2. The van der Waals surface area contributed by atoms with E-state index in [2.05, 4.69) is 5.32 Å². The molecule has 98 valence electrons. The standard InChI is InChI=1S/C10H17NO5S/c12-9(11-6-5-10(13)14)7-17(15,16)8-3-1-2-4-8/h8H,1-7H2,(H,11,12)(H,13,14). The molecule has 0 spiro atoms. The highest BCUT2D eigenvalue weighted by Gasteiger charge is 2.30. The summed E-state index contributed by atoms with van der Waals surface area (Å²) in [5.74, 6) is -2.17. The Morgan fingerprint density at radius 1 is 1.24 bits per heavy atom. The number of nitrogens with one attached hydrogen (secondary N) is 1. The Bertz CT molecular complexity index is 384. The number of amides is 1. The third kappa shape index (κ3) is 4.72. The van der Waals surface area contributed by atoms with Gasteiger partial charge in [-0.15, -0.1) is 0 Å². The van der Waals surface area contributed by atoms with Crippen molar-refractivity contribution in [1.29, 1.82) is 0 Å². The van der Waals surface area contributed by atoms with Crippen molar-refractivity contribution in [2.45, 2.75) is 37.4 Å². The van der Waals surface area contributed by atoms with E-state index in [1.165, 1.54) is 0 Å². The minimum Gasteiger partial charge on any atom is -0.481 e. The van der Waals surface area contributed by atoms with Crippen LogP contribution >= 0.6 is 0 Å². The molecular formula is C10H17NO5S. The second kappa shape index (κ2) is 6.00. The van der Waals surface area contributed by atoms with Crippen molar-refractivity contribution in [3.63, 3.8) is 0 Å². The molecule has 2 N–H and O–H groups in total. The number of carboxylic acid groups (broad SMARTS) is 1. The number of carbonyl (C=O) groups is 2. The summed E-state index contributed by atoms with van der Waals surface area (Å²) in [5.41, 5.74) is 0. The van der Waals surface area contributed by atoms with Crippen molar-refractivity contribution in [1.82, 2.24) is 5.32 Å². The lowest BCUT2D eigenvalue weighted by Gasteiger charge is -2.10. The zero-order valence-electron chi connectivity index (χ0n) is 9.52. The van der Waals surface area contributed by atoms with E-state index in [-0.39, 0.29) is 13.0 Å². The lowest BCUT2D eigenvalue weighted by atomic mass is 10.4. The summed E-state index contributed by atoms with van der Waals surface area (Å²) in [4.78, 5) is 21.5. The Morgan fingerprint density at radius 3 is 2.35 bits per heavy atom. The predicted molar refractivity (Wildman–Crippen MR) is 61.3 cm³/mol. The largest absolute Gasteiger partial charge is 0.481 e. The van der Waals surface area contributed by atoms with Crippen LogP contribution in [0.3, 0.4) is 0 Å². The molecule has 1 aliphatic rings. The van der Waals surface area contributed by atoms with Gasteiger partial charge in [0.05, 0.1) is 11.7 Å². The summed E-state index contributed by atoms with van der Waals surface area (Å²) < 4.78 is 23.5. The summed E-state index contributed by atoms with van der Waals surface area (Å²) >= 11 is 0. The van der Waals surface area contributed by atoms with E-state index < -0.39 is 32.7 Å². The third-order valence-electron chi connectivity index (χ3n) is 2.80. The van der Waals surface area contributed by atoms with Crippen molar-refractivity contribution < 1.29 is 23.1 Å². The van der Waals surface area contributed by atoms with Crippen LogP contribution in [-0.2, 0) is 19.4 Å². The average Bonchev–Trinajstić information content (AvgIpc) is 2.68. The molecule has 1 fully saturated rings. The maximum Gasteiger partial charge on any atom is 0.305 e. The van der Waals surface area contributed by atoms with E-state index in [4.69, 9.17) is 5.11 Å². The van der Waals surface area contributed by atoms with Crippen LogP contribution in [0.4, 0.5) is 0 Å². The van der Waals surface area contributed by atoms with Gasteiger partial charge in [0.15, 0.2) is 9.84 Å². The monoisotopic (exact) mass is 263 g/mol. The van der Waals surface area contributed by atoms with Crippen LogP contribution in [0.1, 0.15) is 32.1 Å². The molecule has 0 saturated heterocycles. The van der Waals surface area contributed by atoms with Crippen LogP contribution in [0.15, 0.2) is 0 Å². The molecule has 0 atom stereocenters. The molecule has 0 bridgehead atoms. The maximum atomic E-state index is 11.8. The van der Waals surface area contributed by atoms with Crippen LogP contribution < -0.4 is 5.32 Å². The van der Waals surface area contributed by atoms with Crippen LogP contribution in [0.2, 0.25) is 0 Å². The molecule has 1 saturated carbocycles. The highest BCUT2D eigenvalue weighted by Crippen LogP contribution is 2.24. The molecule has 0 aromatic carbocycles. The number of hydrogen-bond acceptors (Lipinski definition) is 4. The number of aliphatic carboxylic acids is 1. The second-order valence-electron chi connectivity index (χ2n) is 4.21. The van der Waals surface area contributed by atoms with E-state index >= 15 is 0 Å². The molecule has 1 amide bonds. The fourth-order valence-corrected chi connectivity index (χ4v) is 3.66. The minimum absolute atomic E-state index is 0.0334. The number of carbonyl (C=O) groups excluding carboxylic acids is 1. The topological polar surface area (TPSA) is 101 Å². The Morgan fingerprint density at radius 2 is 1.82 bits per heavy atom. The summed E-state index contributed by atoms with van der Waals surface area (Å²) in [6.07, 6.45) is 2.85. The molecule has 0 heterocycles. The van der Waals surface area contributed by atoms with Gasteiger partial charge in [0.25, 0.3) is 0 Å². The number of sulfone groups is 1. The van der Waals surface area contributed by atoms with Gasteiger partial charge in [-0.05, 0) is 12.8 Å². The normalized spacial score (nSPS) is 16.9. The van der Waals surface area contributed by atoms with Crippen LogP contribution in [0.25, 0.3) is 0 Å². The van der Waals surface area contributed by atoms with Gasteiger partial charge in [0.1, 0.15) is 5.75 Å². The first-order valence-corrected chi connectivity index (χ1v) is 7.33. The molecule has 0 aliphatic heterocycles. The van der Waals surface area contributed by atoms with E-state index in [0.717, 1.165) is 12.8 Å². The van der Waals surface area contributed by atoms with E-state index in [1.54, 1.807) is 0 Å². The molecule has 17 heavy (non-hydrogen) atoms. The van der Waals surface area contributed by atoms with Crippen LogP contribution in [0, 0.1) is 0 Å². The lowest BCUT2D eigenvalue weighted by Crippen LogP contribution is -2.35. The number of carboxylic acids is 1. The molecule has 0 aromatic heterocycles. The zero-order valence-corrected chi connectivity index (χ0v) is 10.3. The van der Waals surface area contributed by atoms with Gasteiger partial charge in [0, 0.05) is 6.54 Å². The third-order valence-corrected chi connectivity index (χ3v) is 4.96. The van der Waals surface area contributed by atoms with E-state index in [0.29, 0.717) is 12.8 Å². The lowest BCUT2D eigenvalue weighted by molar-refractivity contribution is -0.136. The molecular weight excluding hydrogens is 246 g/mol. The van der Waals surface area contributed by atoms with Gasteiger partial charge in [-0.25, -0.2) is 8.42 Å². The van der Waals surface area contributed by atoms with Gasteiger partial charge >= 0.3 is 5.97 Å². The SMILES string of the molecule is O=C(O)CCNC(=O)CS(=O)(=O)C1CCCC1. The van der Waals surface area contributed by atoms with E-state index in [9.17, 15) is 18.0 Å².